The minimum absolute atomic E-state index is 0. The van der Waals surface area contributed by atoms with Gasteiger partial charge in [-0.05, 0) is 37.8 Å². The first-order valence-corrected chi connectivity index (χ1v) is 18.9. The number of nitrogen functional groups attached to an aromatic ring is 2. The van der Waals surface area contributed by atoms with Crippen LogP contribution in [0, 0.1) is 0 Å². The highest BCUT2D eigenvalue weighted by molar-refractivity contribution is 5.93. The van der Waals surface area contributed by atoms with Crippen LogP contribution in [0.15, 0.2) is 24.3 Å². The summed E-state index contributed by atoms with van der Waals surface area (Å²) in [7, 11) is 6.32. The van der Waals surface area contributed by atoms with Crippen LogP contribution in [0.25, 0.3) is 21.8 Å². The number of hydrogen-bond acceptors (Lipinski definition) is 16. The van der Waals surface area contributed by atoms with Crippen molar-refractivity contribution >= 4 is 69.6 Å². The summed E-state index contributed by atoms with van der Waals surface area (Å²) in [5.74, 6) is 4.41. The highest BCUT2D eigenvalue weighted by Gasteiger charge is 2.32. The Morgan fingerprint density at radius 1 is 0.579 bits per heavy atom. The monoisotopic (exact) mass is 810 g/mol. The van der Waals surface area contributed by atoms with Crippen molar-refractivity contribution in [2.75, 3.05) is 115 Å². The Kier molecular flexibility index (Phi) is 13.3. The van der Waals surface area contributed by atoms with E-state index in [0.717, 1.165) is 25.7 Å². The van der Waals surface area contributed by atoms with Crippen LogP contribution in [0.4, 0.5) is 23.5 Å². The van der Waals surface area contributed by atoms with Crippen LogP contribution >= 0.6 is 12.4 Å². The smallest absolute Gasteiger partial charge is 0.251 e. The Morgan fingerprint density at radius 3 is 1.25 bits per heavy atom. The molecule has 0 aliphatic carbocycles. The first-order chi connectivity index (χ1) is 27.2. The van der Waals surface area contributed by atoms with Gasteiger partial charge in [0.2, 0.25) is 11.9 Å². The maximum Gasteiger partial charge on any atom is 0.251 e. The lowest BCUT2D eigenvalue weighted by Gasteiger charge is -2.35. The van der Waals surface area contributed by atoms with Gasteiger partial charge in [0.1, 0.15) is 23.8 Å². The number of fused-ring (bicyclic) bond motifs is 2. The second-order valence-electron chi connectivity index (χ2n) is 13.9. The van der Waals surface area contributed by atoms with E-state index in [1.165, 1.54) is 0 Å². The molecule has 0 spiro atoms. The van der Waals surface area contributed by atoms with E-state index in [0.29, 0.717) is 134 Å². The molecular formula is C38H51ClN10O8. The van der Waals surface area contributed by atoms with Gasteiger partial charge >= 0.3 is 0 Å². The van der Waals surface area contributed by atoms with E-state index in [1.807, 2.05) is 19.6 Å². The SMILES string of the molecule is COc1cc2nc(N3CCN(C(=O)C4CCCO4)CC3)nc(N)c2cc1OC.COc1cc2nc(N3CCN(C(=O)C4CCCO4)CC3)nc(N)c2cc1OC.Cl. The summed E-state index contributed by atoms with van der Waals surface area (Å²) in [6.07, 6.45) is 2.98. The molecule has 4 fully saturated rings. The van der Waals surface area contributed by atoms with Crippen LogP contribution in [0.3, 0.4) is 0 Å². The zero-order valence-electron chi connectivity index (χ0n) is 32.8. The zero-order chi connectivity index (χ0) is 39.3. The predicted octanol–water partition coefficient (Wildman–Crippen LogP) is 2.54. The largest absolute Gasteiger partial charge is 0.493 e. The molecule has 2 atom stereocenters. The average molecular weight is 811 g/mol. The molecule has 308 valence electrons. The molecule has 0 saturated carbocycles. The first kappa shape index (κ1) is 41.3. The van der Waals surface area contributed by atoms with Gasteiger partial charge in [-0.3, -0.25) is 9.59 Å². The summed E-state index contributed by atoms with van der Waals surface area (Å²) in [6, 6.07) is 7.16. The molecule has 4 saturated heterocycles. The molecule has 2 unspecified atom stereocenters. The number of hydrogen-bond donors (Lipinski definition) is 2. The third-order valence-electron chi connectivity index (χ3n) is 10.6. The van der Waals surface area contributed by atoms with Gasteiger partial charge in [-0.15, -0.1) is 12.4 Å². The maximum absolute atomic E-state index is 12.5. The molecule has 8 rings (SSSR count). The summed E-state index contributed by atoms with van der Waals surface area (Å²) >= 11 is 0. The summed E-state index contributed by atoms with van der Waals surface area (Å²) in [5.41, 5.74) is 13.7. The summed E-state index contributed by atoms with van der Waals surface area (Å²) in [5, 5.41) is 1.43. The second kappa shape index (κ2) is 18.3. The van der Waals surface area contributed by atoms with E-state index in [9.17, 15) is 9.59 Å². The zero-order valence-corrected chi connectivity index (χ0v) is 33.6. The van der Waals surface area contributed by atoms with Crippen LogP contribution in [0.1, 0.15) is 25.7 Å². The fourth-order valence-corrected chi connectivity index (χ4v) is 7.42. The van der Waals surface area contributed by atoms with Crippen LogP contribution in [0.2, 0.25) is 0 Å². The average Bonchev–Trinajstić information content (AvgIpc) is 3.99. The van der Waals surface area contributed by atoms with Crippen molar-refractivity contribution in [3.8, 4) is 23.0 Å². The van der Waals surface area contributed by atoms with E-state index in [1.54, 1.807) is 52.7 Å². The number of amides is 2. The van der Waals surface area contributed by atoms with Gasteiger partial charge in [-0.1, -0.05) is 0 Å². The van der Waals surface area contributed by atoms with Crippen molar-refractivity contribution in [3.63, 3.8) is 0 Å². The quantitative estimate of drug-likeness (QED) is 0.262. The standard InChI is InChI=1S/2C19H25N5O4.ClH/c2*1-26-15-10-12-13(11-16(15)27-2)21-19(22-17(12)20)24-7-5-23(6-8-24)18(25)14-4-3-9-28-14;/h2*10-11,14H,3-9H2,1-2H3,(H2,20,21,22);1H. The maximum atomic E-state index is 12.5. The molecule has 0 radical (unpaired) electrons. The van der Waals surface area contributed by atoms with Crippen molar-refractivity contribution in [2.24, 2.45) is 0 Å². The van der Waals surface area contributed by atoms with Crippen LogP contribution in [-0.4, -0.2) is 148 Å². The van der Waals surface area contributed by atoms with E-state index in [4.69, 9.17) is 39.9 Å². The molecule has 4 aliphatic heterocycles. The molecule has 6 heterocycles. The molecule has 4 aromatic rings. The summed E-state index contributed by atoms with van der Waals surface area (Å²) in [6.45, 7) is 6.42. The summed E-state index contributed by atoms with van der Waals surface area (Å²) in [4.78, 5) is 51.1. The van der Waals surface area contributed by atoms with E-state index < -0.39 is 0 Å². The third-order valence-corrected chi connectivity index (χ3v) is 10.6. The van der Waals surface area contributed by atoms with Crippen molar-refractivity contribution in [1.29, 1.82) is 0 Å². The molecule has 4 aliphatic rings. The number of benzene rings is 2. The van der Waals surface area contributed by atoms with Crippen molar-refractivity contribution in [2.45, 2.75) is 37.9 Å². The van der Waals surface area contributed by atoms with E-state index >= 15 is 0 Å². The minimum Gasteiger partial charge on any atom is -0.493 e. The molecule has 2 aromatic carbocycles. The number of methoxy groups -OCH3 is 4. The number of carbonyl (C=O) groups excluding carboxylic acids is 2. The fourth-order valence-electron chi connectivity index (χ4n) is 7.42. The number of anilines is 4. The Balaban J connectivity index is 0.000000189. The number of carbonyl (C=O) groups is 2. The molecule has 0 bridgehead atoms. The number of rotatable bonds is 8. The summed E-state index contributed by atoms with van der Waals surface area (Å²) < 4.78 is 32.4. The third kappa shape index (κ3) is 8.82. The van der Waals surface area contributed by atoms with Crippen molar-refractivity contribution in [3.05, 3.63) is 24.3 Å². The molecular weight excluding hydrogens is 760 g/mol. The lowest BCUT2D eigenvalue weighted by molar-refractivity contribution is -0.141. The number of nitrogens with two attached hydrogens (primary N) is 2. The molecule has 2 amide bonds. The van der Waals surface area contributed by atoms with Gasteiger partial charge in [0, 0.05) is 88.5 Å². The van der Waals surface area contributed by atoms with Crippen LogP contribution in [-0.2, 0) is 19.1 Å². The van der Waals surface area contributed by atoms with Gasteiger partial charge in [-0.25, -0.2) is 9.97 Å². The lowest BCUT2D eigenvalue weighted by atomic mass is 10.2. The molecule has 57 heavy (non-hydrogen) atoms. The number of nitrogens with zero attached hydrogens (tertiary/aromatic N) is 8. The highest BCUT2D eigenvalue weighted by atomic mass is 35.5. The molecule has 18 nitrogen and oxygen atoms in total. The topological polar surface area (TPSA) is 206 Å². The normalized spacial score (nSPS) is 19.5. The van der Waals surface area contributed by atoms with E-state index in [-0.39, 0.29) is 36.4 Å². The minimum atomic E-state index is -0.276. The second-order valence-corrected chi connectivity index (χ2v) is 13.9. The molecule has 2 aromatic heterocycles. The van der Waals surface area contributed by atoms with Crippen molar-refractivity contribution in [1.82, 2.24) is 29.7 Å². The fraction of sp³-hybridized carbons (Fsp3) is 0.526. The van der Waals surface area contributed by atoms with Gasteiger partial charge in [-0.2, -0.15) is 9.97 Å². The number of halogens is 1. The molecule has 4 N–H and O–H groups in total. The van der Waals surface area contributed by atoms with Crippen LogP contribution < -0.4 is 40.2 Å². The highest BCUT2D eigenvalue weighted by Crippen LogP contribution is 2.35. The van der Waals surface area contributed by atoms with Gasteiger partial charge < -0.3 is 59.5 Å². The number of ether oxygens (including phenoxy) is 6. The Bertz CT molecular complexity index is 1900. The first-order valence-electron chi connectivity index (χ1n) is 18.9. The Hall–Kier alpha value is -5.33. The Labute approximate surface area is 337 Å². The number of aromatic nitrogens is 4. The number of piperazine rings is 2. The predicted molar refractivity (Wildman–Crippen MR) is 217 cm³/mol. The van der Waals surface area contributed by atoms with Crippen molar-refractivity contribution < 1.29 is 38.0 Å². The lowest BCUT2D eigenvalue weighted by Crippen LogP contribution is -2.51. The molecule has 19 heteroatoms. The van der Waals surface area contributed by atoms with Gasteiger partial charge in [0.05, 0.1) is 39.5 Å². The Morgan fingerprint density at radius 2 is 0.930 bits per heavy atom. The van der Waals surface area contributed by atoms with E-state index in [2.05, 4.69) is 19.9 Å². The van der Waals surface area contributed by atoms with Gasteiger partial charge in [0.25, 0.3) is 11.8 Å². The van der Waals surface area contributed by atoms with Gasteiger partial charge in [0.15, 0.2) is 23.0 Å². The van der Waals surface area contributed by atoms with Crippen LogP contribution in [0.5, 0.6) is 23.0 Å².